The second-order valence-corrected chi connectivity index (χ2v) is 6.95. The Hall–Kier alpha value is -2.45. The topological polar surface area (TPSA) is 70.8 Å². The van der Waals surface area contributed by atoms with Crippen molar-refractivity contribution in [2.24, 2.45) is 0 Å². The Labute approximate surface area is 152 Å². The second kappa shape index (κ2) is 6.81. The smallest absolute Gasteiger partial charge is 0.326 e. The average Bonchev–Trinajstić information content (AvgIpc) is 3.13. The monoisotopic (exact) mass is 377 g/mol. The first-order chi connectivity index (χ1) is 11.9. The van der Waals surface area contributed by atoms with Crippen molar-refractivity contribution in [1.29, 1.82) is 0 Å². The van der Waals surface area contributed by atoms with Crippen molar-refractivity contribution < 1.29 is 23.5 Å². The van der Waals surface area contributed by atoms with Crippen LogP contribution >= 0.6 is 24.0 Å². The van der Waals surface area contributed by atoms with Crippen LogP contribution in [0.4, 0.5) is 4.39 Å². The molecule has 25 heavy (non-hydrogen) atoms. The maximum absolute atomic E-state index is 13.0. The normalized spacial score (nSPS) is 17.4. The van der Waals surface area contributed by atoms with Crippen molar-refractivity contribution in [3.63, 3.8) is 0 Å². The minimum Gasteiger partial charge on any atom is -0.480 e. The summed E-state index contributed by atoms with van der Waals surface area (Å²) in [5.74, 6) is -0.992. The largest absolute Gasteiger partial charge is 0.480 e. The van der Waals surface area contributed by atoms with Gasteiger partial charge < -0.3 is 9.52 Å². The number of halogens is 1. The third-order valence-electron chi connectivity index (χ3n) is 3.60. The van der Waals surface area contributed by atoms with Crippen LogP contribution in [0, 0.1) is 5.82 Å². The van der Waals surface area contributed by atoms with Crippen LogP contribution in [-0.4, -0.2) is 32.2 Å². The number of rotatable bonds is 4. The molecule has 1 atom stereocenters. The number of amides is 1. The van der Waals surface area contributed by atoms with Crippen LogP contribution in [-0.2, 0) is 9.59 Å². The molecule has 0 spiro atoms. The Morgan fingerprint density at radius 2 is 2.00 bits per heavy atom. The van der Waals surface area contributed by atoms with E-state index in [2.05, 4.69) is 0 Å². The van der Waals surface area contributed by atoms with E-state index < -0.39 is 17.9 Å². The van der Waals surface area contributed by atoms with Crippen molar-refractivity contribution in [2.75, 3.05) is 0 Å². The lowest BCUT2D eigenvalue weighted by Crippen LogP contribution is -2.41. The molecular weight excluding hydrogens is 365 g/mol. The standard InChI is InChI=1S/C17H12FNO4S2/c1-9(16(21)22)19-15(20)14(25-17(19)24)8-12-6-7-13(23-12)10-2-4-11(18)5-3-10/h2-9H,1H3,(H,21,22). The number of thioether (sulfide) groups is 1. The van der Waals surface area contributed by atoms with Gasteiger partial charge in [-0.05, 0) is 43.3 Å². The summed E-state index contributed by atoms with van der Waals surface area (Å²) in [5, 5.41) is 9.08. The van der Waals surface area contributed by atoms with Crippen molar-refractivity contribution in [1.82, 2.24) is 4.90 Å². The molecule has 5 nitrogen and oxygen atoms in total. The highest BCUT2D eigenvalue weighted by molar-refractivity contribution is 8.26. The SMILES string of the molecule is CC(C(=O)O)N1C(=O)C(=Cc2ccc(-c3ccc(F)cc3)o2)SC1=S. The molecule has 1 N–H and O–H groups in total. The van der Waals surface area contributed by atoms with E-state index in [1.807, 2.05) is 0 Å². The second-order valence-electron chi connectivity index (χ2n) is 5.27. The predicted molar refractivity (Wildman–Crippen MR) is 96.2 cm³/mol. The van der Waals surface area contributed by atoms with Gasteiger partial charge in [-0.3, -0.25) is 9.69 Å². The highest BCUT2D eigenvalue weighted by Crippen LogP contribution is 2.34. The molecule has 1 aromatic carbocycles. The van der Waals surface area contributed by atoms with Crippen LogP contribution < -0.4 is 0 Å². The molecule has 0 saturated carbocycles. The number of hydrogen-bond donors (Lipinski definition) is 1. The van der Waals surface area contributed by atoms with Crippen LogP contribution in [0.2, 0.25) is 0 Å². The summed E-state index contributed by atoms with van der Waals surface area (Å²) in [6.07, 6.45) is 1.51. The van der Waals surface area contributed by atoms with Crippen LogP contribution in [0.5, 0.6) is 0 Å². The Bertz CT molecular complexity index is 888. The summed E-state index contributed by atoms with van der Waals surface area (Å²) in [7, 11) is 0. The van der Waals surface area contributed by atoms with Gasteiger partial charge >= 0.3 is 5.97 Å². The molecule has 1 fully saturated rings. The fraction of sp³-hybridized carbons (Fsp3) is 0.118. The number of aliphatic carboxylic acids is 1. The van der Waals surface area contributed by atoms with Crippen molar-refractivity contribution in [3.05, 3.63) is 52.9 Å². The summed E-state index contributed by atoms with van der Waals surface area (Å²) >= 11 is 6.12. The van der Waals surface area contributed by atoms with Gasteiger partial charge in [0.05, 0.1) is 4.91 Å². The summed E-state index contributed by atoms with van der Waals surface area (Å²) < 4.78 is 18.8. The van der Waals surface area contributed by atoms with E-state index in [0.29, 0.717) is 17.1 Å². The molecule has 1 saturated heterocycles. The van der Waals surface area contributed by atoms with Crippen LogP contribution in [0.3, 0.4) is 0 Å². The Morgan fingerprint density at radius 1 is 1.32 bits per heavy atom. The summed E-state index contributed by atoms with van der Waals surface area (Å²) in [6.45, 7) is 1.40. The third-order valence-corrected chi connectivity index (χ3v) is 4.93. The molecule has 128 valence electrons. The van der Waals surface area contributed by atoms with Crippen LogP contribution in [0.25, 0.3) is 17.4 Å². The Balaban J connectivity index is 1.84. The number of carbonyl (C=O) groups excluding carboxylic acids is 1. The molecule has 0 radical (unpaired) electrons. The van der Waals surface area contributed by atoms with E-state index in [9.17, 15) is 14.0 Å². The molecule has 1 unspecified atom stereocenters. The molecular formula is C17H12FNO4S2. The number of benzene rings is 1. The molecule has 2 aromatic rings. The van der Waals surface area contributed by atoms with Crippen LogP contribution in [0.1, 0.15) is 12.7 Å². The van der Waals surface area contributed by atoms with Gasteiger partial charge in [0.15, 0.2) is 0 Å². The van der Waals surface area contributed by atoms with E-state index in [4.69, 9.17) is 21.7 Å². The first-order valence-electron chi connectivity index (χ1n) is 7.22. The van der Waals surface area contributed by atoms with E-state index in [1.165, 1.54) is 25.1 Å². The molecule has 3 rings (SSSR count). The number of carbonyl (C=O) groups is 2. The number of thiocarbonyl (C=S) groups is 1. The van der Waals surface area contributed by atoms with E-state index in [-0.39, 0.29) is 15.0 Å². The van der Waals surface area contributed by atoms with E-state index >= 15 is 0 Å². The van der Waals surface area contributed by atoms with Crippen molar-refractivity contribution in [2.45, 2.75) is 13.0 Å². The maximum Gasteiger partial charge on any atom is 0.326 e. The lowest BCUT2D eigenvalue weighted by Gasteiger charge is -2.18. The minimum atomic E-state index is -1.13. The summed E-state index contributed by atoms with van der Waals surface area (Å²) in [5.41, 5.74) is 0.702. The fourth-order valence-electron chi connectivity index (χ4n) is 2.25. The molecule has 0 bridgehead atoms. The highest BCUT2D eigenvalue weighted by Gasteiger charge is 2.38. The lowest BCUT2D eigenvalue weighted by atomic mass is 10.2. The molecule has 2 heterocycles. The molecule has 1 aromatic heterocycles. The van der Waals surface area contributed by atoms with Gasteiger partial charge in [0.1, 0.15) is 27.7 Å². The zero-order valence-electron chi connectivity index (χ0n) is 12.9. The third kappa shape index (κ3) is 3.49. The fourth-order valence-corrected chi connectivity index (χ4v) is 3.65. The van der Waals surface area contributed by atoms with Gasteiger partial charge in [-0.25, -0.2) is 9.18 Å². The van der Waals surface area contributed by atoms with Gasteiger partial charge in [0, 0.05) is 11.6 Å². The zero-order valence-corrected chi connectivity index (χ0v) is 14.6. The lowest BCUT2D eigenvalue weighted by molar-refractivity contribution is -0.144. The molecule has 1 amide bonds. The quantitative estimate of drug-likeness (QED) is 0.646. The van der Waals surface area contributed by atoms with Gasteiger partial charge in [-0.2, -0.15) is 0 Å². The van der Waals surface area contributed by atoms with Gasteiger partial charge in [0.2, 0.25) is 0 Å². The summed E-state index contributed by atoms with van der Waals surface area (Å²) in [6, 6.07) is 8.18. The van der Waals surface area contributed by atoms with Crippen LogP contribution in [0.15, 0.2) is 45.7 Å². The van der Waals surface area contributed by atoms with Crippen molar-refractivity contribution in [3.8, 4) is 11.3 Å². The van der Waals surface area contributed by atoms with Crippen molar-refractivity contribution >= 4 is 46.3 Å². The number of hydrogen-bond acceptors (Lipinski definition) is 5. The number of carboxylic acids is 1. The number of furan rings is 1. The summed E-state index contributed by atoms with van der Waals surface area (Å²) in [4.78, 5) is 24.8. The van der Waals surface area contributed by atoms with E-state index in [1.54, 1.807) is 24.3 Å². The maximum atomic E-state index is 13.0. The Kier molecular flexibility index (Phi) is 4.73. The molecule has 8 heteroatoms. The number of carboxylic acid groups (broad SMARTS) is 1. The predicted octanol–water partition coefficient (Wildman–Crippen LogP) is 3.76. The highest BCUT2D eigenvalue weighted by atomic mass is 32.2. The molecule has 1 aliphatic rings. The zero-order chi connectivity index (χ0) is 18.1. The first-order valence-corrected chi connectivity index (χ1v) is 8.45. The van der Waals surface area contributed by atoms with Gasteiger partial charge in [-0.15, -0.1) is 0 Å². The first kappa shape index (κ1) is 17.4. The average molecular weight is 377 g/mol. The minimum absolute atomic E-state index is 0.191. The van der Waals surface area contributed by atoms with Gasteiger partial charge in [0.25, 0.3) is 5.91 Å². The molecule has 1 aliphatic heterocycles. The van der Waals surface area contributed by atoms with E-state index in [0.717, 1.165) is 16.7 Å². The Morgan fingerprint density at radius 3 is 2.64 bits per heavy atom. The molecule has 0 aliphatic carbocycles. The van der Waals surface area contributed by atoms with Gasteiger partial charge in [-0.1, -0.05) is 24.0 Å². The number of nitrogens with zero attached hydrogens (tertiary/aromatic N) is 1.